The lowest BCUT2D eigenvalue weighted by atomic mass is 9.98. The molecule has 3 aliphatic rings. The van der Waals surface area contributed by atoms with Gasteiger partial charge in [0.15, 0.2) is 0 Å². The molecule has 1 aromatic carbocycles. The van der Waals surface area contributed by atoms with Crippen molar-refractivity contribution in [1.82, 2.24) is 15.1 Å². The van der Waals surface area contributed by atoms with E-state index in [1.807, 2.05) is 51.3 Å². The van der Waals surface area contributed by atoms with Gasteiger partial charge < -0.3 is 19.9 Å². The summed E-state index contributed by atoms with van der Waals surface area (Å²) in [5.74, 6) is -0.0492. The summed E-state index contributed by atoms with van der Waals surface area (Å²) in [5, 5.41) is 10.6. The molecule has 272 valence electrons. The molecule has 1 amide bonds. The van der Waals surface area contributed by atoms with Gasteiger partial charge in [-0.25, -0.2) is 0 Å². The highest BCUT2D eigenvalue weighted by molar-refractivity contribution is 8.26. The SMILES string of the molecule is C=C(/C=C(\C=C/COCCCN1CCOCC1)/C=C1\SC(=S)N(CCc2ccc(C)cc2)C1=O)/C(=C/C)C/C=C1/C=CNC1C.C=CO.CC. The predicted octanol–water partition coefficient (Wildman–Crippen LogP) is 8.54. The lowest BCUT2D eigenvalue weighted by Gasteiger charge is -2.26. The Bertz CT molecular complexity index is 1430. The Labute approximate surface area is 310 Å². The highest BCUT2D eigenvalue weighted by Gasteiger charge is 2.31. The lowest BCUT2D eigenvalue weighted by Crippen LogP contribution is -2.37. The number of aliphatic hydroxyl groups excluding tert-OH is 1. The molecule has 2 saturated heterocycles. The number of amides is 1. The summed E-state index contributed by atoms with van der Waals surface area (Å²) < 4.78 is 11.9. The Balaban J connectivity index is 0.00000164. The Morgan fingerprint density at radius 3 is 2.54 bits per heavy atom. The fraction of sp³-hybridized carbons (Fsp3) is 0.415. The van der Waals surface area contributed by atoms with Crippen LogP contribution in [0.25, 0.3) is 0 Å². The molecule has 0 aromatic heterocycles. The molecule has 1 atom stereocenters. The highest BCUT2D eigenvalue weighted by Crippen LogP contribution is 2.33. The third kappa shape index (κ3) is 15.2. The van der Waals surface area contributed by atoms with E-state index in [4.69, 9.17) is 26.8 Å². The number of aryl methyl sites for hydroxylation is 1. The van der Waals surface area contributed by atoms with E-state index in [0.29, 0.717) is 35.0 Å². The topological polar surface area (TPSA) is 74.3 Å². The number of ether oxygens (including phenoxy) is 2. The average molecular weight is 720 g/mol. The number of aliphatic hydroxyl groups is 1. The van der Waals surface area contributed by atoms with Crippen molar-refractivity contribution in [2.45, 2.75) is 59.9 Å². The molecule has 0 spiro atoms. The number of allylic oxidation sites excluding steroid dienone is 8. The van der Waals surface area contributed by atoms with Gasteiger partial charge in [0, 0.05) is 38.8 Å². The fourth-order valence-corrected chi connectivity index (χ4v) is 6.57. The molecule has 0 saturated carbocycles. The van der Waals surface area contributed by atoms with Gasteiger partial charge in [-0.1, -0.05) is 105 Å². The van der Waals surface area contributed by atoms with Crippen molar-refractivity contribution in [2.24, 2.45) is 0 Å². The van der Waals surface area contributed by atoms with Crippen LogP contribution in [0.1, 0.15) is 51.7 Å². The van der Waals surface area contributed by atoms with Crippen LogP contribution in [0.4, 0.5) is 0 Å². The van der Waals surface area contributed by atoms with Crippen LogP contribution in [0.3, 0.4) is 0 Å². The number of rotatable bonds is 15. The third-order valence-electron chi connectivity index (χ3n) is 8.09. The van der Waals surface area contributed by atoms with Crippen LogP contribution in [0.2, 0.25) is 0 Å². The Morgan fingerprint density at radius 2 is 1.90 bits per heavy atom. The van der Waals surface area contributed by atoms with E-state index >= 15 is 0 Å². The molecule has 1 unspecified atom stereocenters. The summed E-state index contributed by atoms with van der Waals surface area (Å²) in [5.41, 5.74) is 6.62. The van der Waals surface area contributed by atoms with Crippen LogP contribution in [-0.2, 0) is 20.7 Å². The van der Waals surface area contributed by atoms with Crippen molar-refractivity contribution in [3.63, 3.8) is 0 Å². The summed E-state index contributed by atoms with van der Waals surface area (Å²) >= 11 is 7.00. The van der Waals surface area contributed by atoms with Gasteiger partial charge in [0.05, 0.1) is 31.0 Å². The minimum absolute atomic E-state index is 0.0492. The maximum atomic E-state index is 13.5. The van der Waals surface area contributed by atoms with Gasteiger partial charge in [0.1, 0.15) is 4.32 Å². The molecule has 0 radical (unpaired) electrons. The van der Waals surface area contributed by atoms with Crippen molar-refractivity contribution >= 4 is 34.2 Å². The summed E-state index contributed by atoms with van der Waals surface area (Å²) in [6.07, 6.45) is 19.7. The maximum Gasteiger partial charge on any atom is 0.266 e. The molecule has 0 aliphatic carbocycles. The third-order valence-corrected chi connectivity index (χ3v) is 9.47. The first-order valence-corrected chi connectivity index (χ1v) is 18.8. The van der Waals surface area contributed by atoms with E-state index in [1.54, 1.807) is 4.90 Å². The van der Waals surface area contributed by atoms with E-state index in [1.165, 1.54) is 28.5 Å². The van der Waals surface area contributed by atoms with Crippen molar-refractivity contribution in [1.29, 1.82) is 0 Å². The fourth-order valence-electron chi connectivity index (χ4n) is 5.26. The lowest BCUT2D eigenvalue weighted by molar-refractivity contribution is -0.122. The molecule has 3 heterocycles. The van der Waals surface area contributed by atoms with Gasteiger partial charge >= 0.3 is 0 Å². The minimum Gasteiger partial charge on any atom is -0.516 e. The number of carbonyl (C=O) groups is 1. The predicted molar refractivity (Wildman–Crippen MR) is 216 cm³/mol. The van der Waals surface area contributed by atoms with E-state index < -0.39 is 0 Å². The average Bonchev–Trinajstić information content (AvgIpc) is 3.65. The van der Waals surface area contributed by atoms with Crippen LogP contribution >= 0.6 is 24.0 Å². The van der Waals surface area contributed by atoms with E-state index in [2.05, 4.69) is 79.7 Å². The normalized spacial score (nSPS) is 19.8. The van der Waals surface area contributed by atoms with Crippen LogP contribution in [0.15, 0.2) is 120 Å². The second-order valence-corrected chi connectivity index (χ2v) is 13.3. The minimum atomic E-state index is -0.0492. The number of carbonyl (C=O) groups excluding carboxylic acids is 1. The summed E-state index contributed by atoms with van der Waals surface area (Å²) in [7, 11) is 0. The molecule has 7 nitrogen and oxygen atoms in total. The summed E-state index contributed by atoms with van der Waals surface area (Å²) in [6.45, 7) is 24.0. The quantitative estimate of drug-likeness (QED) is 0.0615. The zero-order valence-electron chi connectivity index (χ0n) is 30.7. The highest BCUT2D eigenvalue weighted by atomic mass is 32.2. The molecular formula is C41H57N3O4S2. The summed E-state index contributed by atoms with van der Waals surface area (Å²) in [6, 6.07) is 8.73. The second kappa shape index (κ2) is 24.6. The number of hydrogen-bond donors (Lipinski definition) is 2. The van der Waals surface area contributed by atoms with Crippen LogP contribution in [0.5, 0.6) is 0 Å². The number of thiocarbonyl (C=S) groups is 1. The molecule has 1 aromatic rings. The first-order valence-electron chi connectivity index (χ1n) is 17.5. The van der Waals surface area contributed by atoms with Gasteiger partial charge in [-0.05, 0) is 92.3 Å². The van der Waals surface area contributed by atoms with Gasteiger partial charge in [0.25, 0.3) is 5.91 Å². The van der Waals surface area contributed by atoms with Crippen LogP contribution in [0, 0.1) is 6.92 Å². The Hall–Kier alpha value is -3.47. The number of hydrogen-bond acceptors (Lipinski definition) is 8. The zero-order valence-corrected chi connectivity index (χ0v) is 32.3. The number of morpholine rings is 1. The number of nitrogens with one attached hydrogen (secondary N) is 1. The second-order valence-electron chi connectivity index (χ2n) is 11.6. The van der Waals surface area contributed by atoms with Crippen molar-refractivity contribution in [3.05, 3.63) is 131 Å². The molecule has 2 fully saturated rings. The van der Waals surface area contributed by atoms with E-state index in [9.17, 15) is 4.79 Å². The number of nitrogens with zero attached hydrogens (tertiary/aromatic N) is 2. The largest absolute Gasteiger partial charge is 0.516 e. The molecule has 3 aliphatic heterocycles. The van der Waals surface area contributed by atoms with Crippen molar-refractivity contribution < 1.29 is 19.4 Å². The van der Waals surface area contributed by atoms with Gasteiger partial charge in [0.2, 0.25) is 0 Å². The Morgan fingerprint density at radius 1 is 1.20 bits per heavy atom. The van der Waals surface area contributed by atoms with Crippen LogP contribution in [-0.4, -0.2) is 83.8 Å². The molecule has 9 heteroatoms. The monoisotopic (exact) mass is 719 g/mol. The molecule has 50 heavy (non-hydrogen) atoms. The van der Waals surface area contributed by atoms with Crippen molar-refractivity contribution in [2.75, 3.05) is 52.6 Å². The maximum absolute atomic E-state index is 13.5. The van der Waals surface area contributed by atoms with Gasteiger partial charge in [-0.2, -0.15) is 0 Å². The first-order chi connectivity index (χ1) is 24.2. The smallest absolute Gasteiger partial charge is 0.266 e. The molecule has 2 N–H and O–H groups in total. The van der Waals surface area contributed by atoms with Gasteiger partial charge in [-0.15, -0.1) is 0 Å². The zero-order chi connectivity index (χ0) is 36.7. The standard InChI is InChI=1S/C37H47N3O3S2.C2H4O.C2H6/c1-5-33(13-14-34-15-17-38-30(34)4)29(3)26-32(8-6-22-42-23-7-18-39-20-24-43-25-21-39)27-35-36(41)40(37(44)45-35)19-16-31-11-9-28(2)10-12-31;1-2-3;1-2/h5-6,8-12,14-15,17,26-27,30,38H,3,7,13,16,18-25H2,1-2,4H3;2-3H,1H2;1-2H3/b8-6-,32-26+,33-5+,34-14-,35-27-;;. The number of benzene rings is 1. The number of thioether (sulfide) groups is 1. The Kier molecular flexibility index (Phi) is 21.0. The first kappa shape index (κ1) is 42.7. The van der Waals surface area contributed by atoms with Crippen LogP contribution < -0.4 is 5.32 Å². The van der Waals surface area contributed by atoms with E-state index in [-0.39, 0.29) is 5.91 Å². The van der Waals surface area contributed by atoms with E-state index in [0.717, 1.165) is 75.1 Å². The van der Waals surface area contributed by atoms with Crippen molar-refractivity contribution in [3.8, 4) is 0 Å². The van der Waals surface area contributed by atoms with Gasteiger partial charge in [-0.3, -0.25) is 14.6 Å². The summed E-state index contributed by atoms with van der Waals surface area (Å²) in [4.78, 5) is 18.2. The molecule has 0 bridgehead atoms. The molecular weight excluding hydrogens is 663 g/mol. The molecule has 4 rings (SSSR count).